The van der Waals surface area contributed by atoms with Crippen molar-refractivity contribution in [2.45, 2.75) is 20.3 Å². The quantitative estimate of drug-likeness (QED) is 0.714. The maximum absolute atomic E-state index is 12.4. The summed E-state index contributed by atoms with van der Waals surface area (Å²) in [7, 11) is 0. The van der Waals surface area contributed by atoms with E-state index in [4.69, 9.17) is 4.74 Å². The van der Waals surface area contributed by atoms with Crippen LogP contribution in [0.2, 0.25) is 0 Å². The Bertz CT molecular complexity index is 647. The summed E-state index contributed by atoms with van der Waals surface area (Å²) in [6.45, 7) is 4.99. The highest BCUT2D eigenvalue weighted by Crippen LogP contribution is 2.23. The van der Waals surface area contributed by atoms with Gasteiger partial charge in [-0.15, -0.1) is 0 Å². The first-order valence-electron chi connectivity index (χ1n) is 8.67. The van der Waals surface area contributed by atoms with E-state index in [1.165, 1.54) is 4.90 Å². The Balaban J connectivity index is 1.88. The van der Waals surface area contributed by atoms with Crippen LogP contribution >= 0.6 is 0 Å². The Labute approximate surface area is 152 Å². The third kappa shape index (κ3) is 5.65. The van der Waals surface area contributed by atoms with Gasteiger partial charge in [-0.2, -0.15) is 0 Å². The summed E-state index contributed by atoms with van der Waals surface area (Å²) in [6.07, 6.45) is 0.580. The van der Waals surface area contributed by atoms with E-state index in [9.17, 15) is 19.5 Å². The van der Waals surface area contributed by atoms with Crippen LogP contribution in [0.4, 0.5) is 10.5 Å². The number of likely N-dealkylation sites (tertiary alicyclic amines) is 1. The number of nitrogens with zero attached hydrogens (tertiary/aromatic N) is 1. The van der Waals surface area contributed by atoms with E-state index in [0.29, 0.717) is 30.9 Å². The molecule has 3 N–H and O–H groups in total. The highest BCUT2D eigenvalue weighted by Gasteiger charge is 2.31. The topological polar surface area (TPSA) is 108 Å². The van der Waals surface area contributed by atoms with E-state index in [-0.39, 0.29) is 31.0 Å². The second-order valence-corrected chi connectivity index (χ2v) is 6.48. The molecule has 1 aliphatic rings. The normalized spacial score (nSPS) is 19.5. The number of likely N-dealkylation sites (N-methyl/N-ethyl adjacent to an activating group) is 1. The molecule has 1 fully saturated rings. The Morgan fingerprint density at radius 3 is 2.54 bits per heavy atom. The molecule has 1 aliphatic heterocycles. The van der Waals surface area contributed by atoms with Crippen LogP contribution in [0, 0.1) is 11.8 Å². The second-order valence-electron chi connectivity index (χ2n) is 6.48. The van der Waals surface area contributed by atoms with Crippen molar-refractivity contribution in [3.05, 3.63) is 24.3 Å². The maximum Gasteiger partial charge on any atom is 0.321 e. The number of carbonyl (C=O) groups excluding carboxylic acids is 2. The number of piperidine rings is 1. The van der Waals surface area contributed by atoms with Gasteiger partial charge in [-0.1, -0.05) is 6.92 Å². The third-order valence-electron chi connectivity index (χ3n) is 4.15. The Morgan fingerprint density at radius 2 is 1.92 bits per heavy atom. The number of amides is 3. The highest BCUT2D eigenvalue weighted by molar-refractivity contribution is 5.89. The van der Waals surface area contributed by atoms with E-state index in [0.717, 1.165) is 0 Å². The highest BCUT2D eigenvalue weighted by atomic mass is 16.5. The first-order chi connectivity index (χ1) is 12.4. The largest absolute Gasteiger partial charge is 0.484 e. The van der Waals surface area contributed by atoms with Crippen molar-refractivity contribution in [3.8, 4) is 5.75 Å². The van der Waals surface area contributed by atoms with Gasteiger partial charge in [0.15, 0.2) is 6.61 Å². The van der Waals surface area contributed by atoms with Crippen LogP contribution in [0.15, 0.2) is 24.3 Å². The van der Waals surface area contributed by atoms with Gasteiger partial charge < -0.3 is 25.4 Å². The minimum atomic E-state index is -0.872. The SMILES string of the molecule is CCNC(=O)COc1ccc(NC(=O)N2CC(C)CC(C(=O)O)C2)cc1. The first-order valence-corrected chi connectivity index (χ1v) is 8.67. The number of urea groups is 1. The number of rotatable bonds is 6. The lowest BCUT2D eigenvalue weighted by atomic mass is 9.91. The molecular formula is C18H25N3O5. The van der Waals surface area contributed by atoms with E-state index in [1.807, 2.05) is 13.8 Å². The average Bonchev–Trinajstić information content (AvgIpc) is 2.60. The Hall–Kier alpha value is -2.77. The van der Waals surface area contributed by atoms with Gasteiger partial charge in [-0.25, -0.2) is 4.79 Å². The van der Waals surface area contributed by atoms with Crippen molar-refractivity contribution < 1.29 is 24.2 Å². The summed E-state index contributed by atoms with van der Waals surface area (Å²) in [6, 6.07) is 6.35. The molecule has 8 nitrogen and oxygen atoms in total. The van der Waals surface area contributed by atoms with Crippen molar-refractivity contribution in [1.29, 1.82) is 0 Å². The summed E-state index contributed by atoms with van der Waals surface area (Å²) >= 11 is 0. The van der Waals surface area contributed by atoms with E-state index in [1.54, 1.807) is 24.3 Å². The van der Waals surface area contributed by atoms with Crippen LogP contribution in [-0.4, -0.2) is 54.2 Å². The van der Waals surface area contributed by atoms with Crippen molar-refractivity contribution in [3.63, 3.8) is 0 Å². The van der Waals surface area contributed by atoms with Crippen LogP contribution in [0.3, 0.4) is 0 Å². The van der Waals surface area contributed by atoms with Gasteiger partial charge in [-0.3, -0.25) is 9.59 Å². The van der Waals surface area contributed by atoms with Crippen molar-refractivity contribution in [2.24, 2.45) is 11.8 Å². The first kappa shape index (κ1) is 19.6. The number of carboxylic acids is 1. The molecule has 26 heavy (non-hydrogen) atoms. The summed E-state index contributed by atoms with van der Waals surface area (Å²) in [5.74, 6) is -0.943. The number of aliphatic carboxylic acids is 1. The number of carboxylic acid groups (broad SMARTS) is 1. The minimum absolute atomic E-state index is 0.0677. The maximum atomic E-state index is 12.4. The van der Waals surface area contributed by atoms with E-state index >= 15 is 0 Å². The zero-order valence-corrected chi connectivity index (χ0v) is 15.0. The molecule has 3 amide bonds. The van der Waals surface area contributed by atoms with Gasteiger partial charge in [-0.05, 0) is 43.5 Å². The van der Waals surface area contributed by atoms with Crippen molar-refractivity contribution >= 4 is 23.6 Å². The lowest BCUT2D eigenvalue weighted by molar-refractivity contribution is -0.143. The molecule has 142 valence electrons. The fourth-order valence-corrected chi connectivity index (χ4v) is 2.93. The molecule has 2 atom stereocenters. The van der Waals surface area contributed by atoms with Gasteiger partial charge in [0.25, 0.3) is 5.91 Å². The molecule has 0 saturated carbocycles. The number of nitrogens with one attached hydrogen (secondary N) is 2. The molecule has 1 aromatic carbocycles. The standard InChI is InChI=1S/C18H25N3O5/c1-3-19-16(22)11-26-15-6-4-14(5-7-15)20-18(25)21-9-12(2)8-13(10-21)17(23)24/h4-7,12-13H,3,8-11H2,1-2H3,(H,19,22)(H,20,25)(H,23,24). The summed E-state index contributed by atoms with van der Waals surface area (Å²) in [5, 5.41) is 14.6. The van der Waals surface area contributed by atoms with Gasteiger partial charge in [0, 0.05) is 25.3 Å². The molecule has 8 heteroatoms. The molecule has 0 aliphatic carbocycles. The number of anilines is 1. The summed E-state index contributed by atoms with van der Waals surface area (Å²) in [4.78, 5) is 36.5. The molecule has 0 spiro atoms. The zero-order chi connectivity index (χ0) is 19.1. The Morgan fingerprint density at radius 1 is 1.23 bits per heavy atom. The van der Waals surface area contributed by atoms with Crippen LogP contribution in [0.1, 0.15) is 20.3 Å². The predicted octanol–water partition coefficient (Wildman–Crippen LogP) is 1.78. The molecule has 1 saturated heterocycles. The molecule has 0 radical (unpaired) electrons. The summed E-state index contributed by atoms with van der Waals surface area (Å²) < 4.78 is 5.35. The minimum Gasteiger partial charge on any atom is -0.484 e. The van der Waals surface area contributed by atoms with Gasteiger partial charge in [0.05, 0.1) is 5.92 Å². The Kier molecular flexibility index (Phi) is 6.82. The lowest BCUT2D eigenvalue weighted by Crippen LogP contribution is -2.47. The van der Waals surface area contributed by atoms with Crippen LogP contribution in [0.25, 0.3) is 0 Å². The number of carbonyl (C=O) groups is 3. The molecule has 2 rings (SSSR count). The van der Waals surface area contributed by atoms with Crippen LogP contribution in [0.5, 0.6) is 5.75 Å². The molecule has 1 heterocycles. The number of ether oxygens (including phenoxy) is 1. The number of hydrogen-bond donors (Lipinski definition) is 3. The van der Waals surface area contributed by atoms with Crippen molar-refractivity contribution in [2.75, 3.05) is 31.6 Å². The van der Waals surface area contributed by atoms with Crippen LogP contribution in [-0.2, 0) is 9.59 Å². The smallest absolute Gasteiger partial charge is 0.321 e. The predicted molar refractivity (Wildman–Crippen MR) is 96.1 cm³/mol. The van der Waals surface area contributed by atoms with E-state index in [2.05, 4.69) is 10.6 Å². The van der Waals surface area contributed by atoms with Gasteiger partial charge in [0.2, 0.25) is 0 Å². The molecule has 0 bridgehead atoms. The van der Waals surface area contributed by atoms with Gasteiger partial charge >= 0.3 is 12.0 Å². The van der Waals surface area contributed by atoms with Crippen molar-refractivity contribution in [1.82, 2.24) is 10.2 Å². The monoisotopic (exact) mass is 363 g/mol. The fourth-order valence-electron chi connectivity index (χ4n) is 2.93. The fraction of sp³-hybridized carbons (Fsp3) is 0.500. The molecule has 0 aromatic heterocycles. The summed E-state index contributed by atoms with van der Waals surface area (Å²) in [5.41, 5.74) is 0.575. The average molecular weight is 363 g/mol. The molecule has 2 unspecified atom stereocenters. The third-order valence-corrected chi connectivity index (χ3v) is 4.15. The van der Waals surface area contributed by atoms with Crippen LogP contribution < -0.4 is 15.4 Å². The van der Waals surface area contributed by atoms with Gasteiger partial charge in [0.1, 0.15) is 5.75 Å². The lowest BCUT2D eigenvalue weighted by Gasteiger charge is -2.34. The molecule has 1 aromatic rings. The second kappa shape index (κ2) is 9.07. The zero-order valence-electron chi connectivity index (χ0n) is 15.0. The number of benzene rings is 1. The number of hydrogen-bond acceptors (Lipinski definition) is 4. The van der Waals surface area contributed by atoms with E-state index < -0.39 is 11.9 Å². The molecular weight excluding hydrogens is 338 g/mol.